The Balaban J connectivity index is 2.23. The maximum atomic E-state index is 12.0. The minimum Gasteiger partial charge on any atom is -0.382 e. The van der Waals surface area contributed by atoms with E-state index < -0.39 is 0 Å². The molecule has 0 saturated carbocycles. The van der Waals surface area contributed by atoms with E-state index >= 15 is 0 Å². The first kappa shape index (κ1) is 10.2. The van der Waals surface area contributed by atoms with E-state index in [-0.39, 0.29) is 5.91 Å². The lowest BCUT2D eigenvalue weighted by molar-refractivity contribution is 0.0988. The molecule has 0 radical (unpaired) electrons. The summed E-state index contributed by atoms with van der Waals surface area (Å²) >= 11 is 0. The highest BCUT2D eigenvalue weighted by atomic mass is 16.2. The highest BCUT2D eigenvalue weighted by Crippen LogP contribution is 2.14. The van der Waals surface area contributed by atoms with Crippen LogP contribution in [0.4, 0.5) is 11.5 Å². The molecule has 5 nitrogen and oxygen atoms in total. The second-order valence-electron chi connectivity index (χ2n) is 3.41. The molecular weight excluding hydrogens is 204 g/mol. The molecule has 0 aliphatic heterocycles. The third-order valence-electron chi connectivity index (χ3n) is 2.28. The normalized spacial score (nSPS) is 10.1. The van der Waals surface area contributed by atoms with Crippen molar-refractivity contribution in [3.8, 4) is 0 Å². The zero-order chi connectivity index (χ0) is 11.5. The number of nitrogen functional groups attached to an aromatic ring is 1. The van der Waals surface area contributed by atoms with Gasteiger partial charge in [-0.1, -0.05) is 18.2 Å². The van der Waals surface area contributed by atoms with Crippen molar-refractivity contribution in [2.75, 3.05) is 17.7 Å². The Kier molecular flexibility index (Phi) is 2.59. The Labute approximate surface area is 92.9 Å². The zero-order valence-electron chi connectivity index (χ0n) is 8.84. The number of para-hydroxylation sites is 1. The number of rotatable bonds is 2. The van der Waals surface area contributed by atoms with Crippen molar-refractivity contribution in [1.29, 1.82) is 0 Å². The van der Waals surface area contributed by atoms with E-state index in [9.17, 15) is 4.79 Å². The monoisotopic (exact) mass is 216 g/mol. The number of H-pyrrole nitrogens is 1. The maximum Gasteiger partial charge on any atom is 0.276 e. The van der Waals surface area contributed by atoms with Gasteiger partial charge in [0.25, 0.3) is 5.91 Å². The molecule has 16 heavy (non-hydrogen) atoms. The van der Waals surface area contributed by atoms with E-state index in [1.54, 1.807) is 7.05 Å². The van der Waals surface area contributed by atoms with Crippen LogP contribution >= 0.6 is 0 Å². The SMILES string of the molecule is CN(C(=O)c1cc(N)n[nH]1)c1ccccc1. The van der Waals surface area contributed by atoms with Crippen LogP contribution in [0.3, 0.4) is 0 Å². The number of carbonyl (C=O) groups is 1. The fourth-order valence-corrected chi connectivity index (χ4v) is 1.40. The van der Waals surface area contributed by atoms with Crippen molar-refractivity contribution in [3.63, 3.8) is 0 Å². The van der Waals surface area contributed by atoms with Crippen LogP contribution in [0.25, 0.3) is 0 Å². The summed E-state index contributed by atoms with van der Waals surface area (Å²) in [5.74, 6) is 0.139. The minimum absolute atomic E-state index is 0.171. The molecule has 5 heteroatoms. The Morgan fingerprint density at radius 1 is 1.38 bits per heavy atom. The van der Waals surface area contributed by atoms with E-state index in [2.05, 4.69) is 10.2 Å². The van der Waals surface area contributed by atoms with Gasteiger partial charge in [-0.25, -0.2) is 0 Å². The van der Waals surface area contributed by atoms with Gasteiger partial charge in [-0.15, -0.1) is 0 Å². The van der Waals surface area contributed by atoms with Gasteiger partial charge in [-0.2, -0.15) is 5.10 Å². The van der Waals surface area contributed by atoms with Crippen molar-refractivity contribution in [2.45, 2.75) is 0 Å². The molecule has 1 aromatic carbocycles. The van der Waals surface area contributed by atoms with Crippen LogP contribution in [0, 0.1) is 0 Å². The summed E-state index contributed by atoms with van der Waals surface area (Å²) < 4.78 is 0. The van der Waals surface area contributed by atoms with Crippen LogP contribution in [0.15, 0.2) is 36.4 Å². The summed E-state index contributed by atoms with van der Waals surface area (Å²) in [6.45, 7) is 0. The number of carbonyl (C=O) groups excluding carboxylic acids is 1. The van der Waals surface area contributed by atoms with Gasteiger partial charge in [0.1, 0.15) is 11.5 Å². The van der Waals surface area contributed by atoms with Crippen molar-refractivity contribution in [1.82, 2.24) is 10.2 Å². The number of nitrogens with one attached hydrogen (secondary N) is 1. The van der Waals surface area contributed by atoms with Gasteiger partial charge in [0.2, 0.25) is 0 Å². The number of nitrogens with two attached hydrogens (primary N) is 1. The van der Waals surface area contributed by atoms with E-state index in [4.69, 9.17) is 5.73 Å². The average Bonchev–Trinajstić information content (AvgIpc) is 2.75. The van der Waals surface area contributed by atoms with E-state index in [0.717, 1.165) is 5.69 Å². The largest absolute Gasteiger partial charge is 0.382 e. The predicted octanol–water partition coefficient (Wildman–Crippen LogP) is 1.27. The first-order valence-corrected chi connectivity index (χ1v) is 4.82. The highest BCUT2D eigenvalue weighted by molar-refractivity contribution is 6.04. The first-order valence-electron chi connectivity index (χ1n) is 4.82. The van der Waals surface area contributed by atoms with Crippen LogP contribution < -0.4 is 10.6 Å². The number of hydrogen-bond acceptors (Lipinski definition) is 3. The fraction of sp³-hybridized carbons (Fsp3) is 0.0909. The quantitative estimate of drug-likeness (QED) is 0.793. The maximum absolute atomic E-state index is 12.0. The van der Waals surface area contributed by atoms with E-state index in [0.29, 0.717) is 11.5 Å². The van der Waals surface area contributed by atoms with Gasteiger partial charge in [0.05, 0.1) is 0 Å². The topological polar surface area (TPSA) is 75.0 Å². The van der Waals surface area contributed by atoms with Crippen LogP contribution in [-0.2, 0) is 0 Å². The number of amides is 1. The van der Waals surface area contributed by atoms with Crippen LogP contribution in [-0.4, -0.2) is 23.2 Å². The Morgan fingerprint density at radius 3 is 2.62 bits per heavy atom. The zero-order valence-corrected chi connectivity index (χ0v) is 8.84. The standard InChI is InChI=1S/C11H12N4O/c1-15(8-5-3-2-4-6-8)11(16)9-7-10(12)14-13-9/h2-7H,1H3,(H3,12,13,14). The molecule has 0 aliphatic carbocycles. The summed E-state index contributed by atoms with van der Waals surface area (Å²) in [4.78, 5) is 13.5. The number of hydrogen-bond donors (Lipinski definition) is 2. The van der Waals surface area contributed by atoms with E-state index in [1.807, 2.05) is 30.3 Å². The van der Waals surface area contributed by atoms with Crippen molar-refractivity contribution < 1.29 is 4.79 Å². The highest BCUT2D eigenvalue weighted by Gasteiger charge is 2.15. The van der Waals surface area contributed by atoms with E-state index in [1.165, 1.54) is 11.0 Å². The smallest absolute Gasteiger partial charge is 0.276 e. The second kappa shape index (κ2) is 4.06. The molecule has 2 aromatic rings. The molecule has 2 rings (SSSR count). The molecule has 0 fully saturated rings. The average molecular weight is 216 g/mol. The molecule has 82 valence electrons. The molecule has 0 atom stereocenters. The van der Waals surface area contributed by atoms with Crippen molar-refractivity contribution in [3.05, 3.63) is 42.1 Å². The summed E-state index contributed by atoms with van der Waals surface area (Å²) in [5, 5.41) is 6.31. The summed E-state index contributed by atoms with van der Waals surface area (Å²) in [5.41, 5.74) is 6.64. The Bertz CT molecular complexity index is 492. The molecule has 0 unspecified atom stereocenters. The lowest BCUT2D eigenvalue weighted by Gasteiger charge is -2.15. The fourth-order valence-electron chi connectivity index (χ4n) is 1.40. The van der Waals surface area contributed by atoms with Gasteiger partial charge in [-0.3, -0.25) is 9.89 Å². The van der Waals surface area contributed by atoms with Gasteiger partial charge in [-0.05, 0) is 12.1 Å². The minimum atomic E-state index is -0.171. The van der Waals surface area contributed by atoms with Crippen LogP contribution in [0.2, 0.25) is 0 Å². The van der Waals surface area contributed by atoms with Gasteiger partial charge < -0.3 is 10.6 Å². The molecule has 1 amide bonds. The summed E-state index contributed by atoms with van der Waals surface area (Å²) in [7, 11) is 1.70. The first-order chi connectivity index (χ1) is 7.68. The second-order valence-corrected chi connectivity index (χ2v) is 3.41. The van der Waals surface area contributed by atoms with Gasteiger partial charge >= 0.3 is 0 Å². The number of aromatic nitrogens is 2. The third kappa shape index (κ3) is 1.88. The molecule has 1 aromatic heterocycles. The molecule has 0 spiro atoms. The predicted molar refractivity (Wildman–Crippen MR) is 62.2 cm³/mol. The number of benzene rings is 1. The number of nitrogens with zero attached hydrogens (tertiary/aromatic N) is 2. The lowest BCUT2D eigenvalue weighted by atomic mass is 10.3. The summed E-state index contributed by atoms with van der Waals surface area (Å²) in [6, 6.07) is 10.9. The Hall–Kier alpha value is -2.30. The third-order valence-corrected chi connectivity index (χ3v) is 2.28. The van der Waals surface area contributed by atoms with Crippen LogP contribution in [0.5, 0.6) is 0 Å². The molecule has 0 saturated heterocycles. The summed E-state index contributed by atoms with van der Waals surface area (Å²) in [6.07, 6.45) is 0. The molecule has 0 aliphatic rings. The lowest BCUT2D eigenvalue weighted by Crippen LogP contribution is -2.26. The molecule has 3 N–H and O–H groups in total. The van der Waals surface area contributed by atoms with Crippen LogP contribution in [0.1, 0.15) is 10.5 Å². The molecule has 1 heterocycles. The molecular formula is C11H12N4O. The number of anilines is 2. The van der Waals surface area contributed by atoms with Crippen molar-refractivity contribution in [2.24, 2.45) is 0 Å². The van der Waals surface area contributed by atoms with Gasteiger partial charge in [0, 0.05) is 18.8 Å². The van der Waals surface area contributed by atoms with Gasteiger partial charge in [0.15, 0.2) is 0 Å². The van der Waals surface area contributed by atoms with Crippen molar-refractivity contribution >= 4 is 17.4 Å². The number of aromatic amines is 1. The molecule has 0 bridgehead atoms. The Morgan fingerprint density at radius 2 is 2.06 bits per heavy atom.